The predicted octanol–water partition coefficient (Wildman–Crippen LogP) is 0.375. The molecular formula is C13H17FN2O3. The number of carbonyl (C=O) groups excluding carboxylic acids is 2. The van der Waals surface area contributed by atoms with Crippen molar-refractivity contribution < 1.29 is 18.7 Å². The summed E-state index contributed by atoms with van der Waals surface area (Å²) in [7, 11) is 0. The highest BCUT2D eigenvalue weighted by Crippen LogP contribution is 2.06. The maximum atomic E-state index is 13.3. The molecule has 1 aromatic rings. The van der Waals surface area contributed by atoms with Gasteiger partial charge in [0.15, 0.2) is 6.04 Å². The normalized spacial score (nSPS) is 11.7. The van der Waals surface area contributed by atoms with E-state index in [1.54, 1.807) is 25.1 Å². The summed E-state index contributed by atoms with van der Waals surface area (Å²) in [6, 6.07) is 4.94. The van der Waals surface area contributed by atoms with Crippen molar-refractivity contribution in [3.8, 4) is 0 Å². The first kappa shape index (κ1) is 15.1. The number of nitrogens with one attached hydrogen (secondary N) is 1. The Bertz CT molecular complexity index is 451. The Kier molecular flexibility index (Phi) is 5.95. The molecule has 0 aromatic heterocycles. The Morgan fingerprint density at radius 3 is 2.74 bits per heavy atom. The van der Waals surface area contributed by atoms with Gasteiger partial charge in [-0.3, -0.25) is 4.79 Å². The molecule has 0 spiro atoms. The summed E-state index contributed by atoms with van der Waals surface area (Å²) in [6.07, 6.45) is 0.327. The fourth-order valence-corrected chi connectivity index (χ4v) is 1.47. The van der Waals surface area contributed by atoms with Crippen molar-refractivity contribution in [1.82, 2.24) is 5.32 Å². The molecule has 0 bridgehead atoms. The molecule has 1 atom stereocenters. The second-order valence-corrected chi connectivity index (χ2v) is 3.86. The van der Waals surface area contributed by atoms with Crippen LogP contribution >= 0.6 is 0 Å². The van der Waals surface area contributed by atoms with Crippen molar-refractivity contribution in [3.05, 3.63) is 35.6 Å². The van der Waals surface area contributed by atoms with E-state index in [1.807, 2.05) is 0 Å². The highest BCUT2D eigenvalue weighted by Gasteiger charge is 2.22. The summed E-state index contributed by atoms with van der Waals surface area (Å²) in [5, 5.41) is 2.47. The Labute approximate surface area is 110 Å². The van der Waals surface area contributed by atoms with Crippen LogP contribution in [-0.2, 0) is 20.7 Å². The van der Waals surface area contributed by atoms with Crippen molar-refractivity contribution >= 4 is 11.9 Å². The van der Waals surface area contributed by atoms with Gasteiger partial charge in [-0.25, -0.2) is 9.18 Å². The lowest BCUT2D eigenvalue weighted by Gasteiger charge is -2.11. The number of hydrogen-bond acceptors (Lipinski definition) is 4. The minimum absolute atomic E-state index is 0.162. The van der Waals surface area contributed by atoms with Gasteiger partial charge in [0.05, 0.1) is 6.61 Å². The standard InChI is InChI=1S/C13H17FN2O3/c1-2-19-13(18)11(15)12(17)16-8-7-9-5-3-4-6-10(9)14/h3-6,11H,2,7-8,15H2,1H3,(H,16,17). The van der Waals surface area contributed by atoms with Gasteiger partial charge in [-0.15, -0.1) is 0 Å². The molecule has 1 amide bonds. The number of esters is 1. The van der Waals surface area contributed by atoms with Crippen molar-refractivity contribution in [2.24, 2.45) is 5.73 Å². The summed E-state index contributed by atoms with van der Waals surface area (Å²) in [6.45, 7) is 1.99. The molecule has 0 fully saturated rings. The molecule has 0 heterocycles. The van der Waals surface area contributed by atoms with Crippen LogP contribution in [0.3, 0.4) is 0 Å². The maximum absolute atomic E-state index is 13.3. The number of hydrogen-bond donors (Lipinski definition) is 2. The monoisotopic (exact) mass is 268 g/mol. The lowest BCUT2D eigenvalue weighted by molar-refractivity contribution is -0.147. The number of carbonyl (C=O) groups is 2. The van der Waals surface area contributed by atoms with Crippen LogP contribution in [0.15, 0.2) is 24.3 Å². The van der Waals surface area contributed by atoms with Gasteiger partial charge >= 0.3 is 5.97 Å². The minimum Gasteiger partial charge on any atom is -0.464 e. The molecule has 0 saturated carbocycles. The van der Waals surface area contributed by atoms with Crippen LogP contribution in [0.2, 0.25) is 0 Å². The van der Waals surface area contributed by atoms with E-state index in [0.29, 0.717) is 12.0 Å². The summed E-state index contributed by atoms with van der Waals surface area (Å²) in [5.41, 5.74) is 5.89. The van der Waals surface area contributed by atoms with E-state index < -0.39 is 17.9 Å². The quantitative estimate of drug-likeness (QED) is 0.577. The van der Waals surface area contributed by atoms with Crippen LogP contribution in [0.25, 0.3) is 0 Å². The van der Waals surface area contributed by atoms with E-state index in [9.17, 15) is 14.0 Å². The molecule has 6 heteroatoms. The Morgan fingerprint density at radius 1 is 1.42 bits per heavy atom. The zero-order valence-corrected chi connectivity index (χ0v) is 10.7. The summed E-state index contributed by atoms with van der Waals surface area (Å²) < 4.78 is 17.9. The van der Waals surface area contributed by atoms with Gasteiger partial charge in [0, 0.05) is 6.54 Å². The average molecular weight is 268 g/mol. The Balaban J connectivity index is 2.39. The molecule has 0 aliphatic rings. The second kappa shape index (κ2) is 7.48. The molecule has 1 unspecified atom stereocenters. The molecule has 0 aliphatic heterocycles. The first-order chi connectivity index (χ1) is 9.06. The maximum Gasteiger partial charge on any atom is 0.332 e. The predicted molar refractivity (Wildman–Crippen MR) is 67.7 cm³/mol. The SMILES string of the molecule is CCOC(=O)C(N)C(=O)NCCc1ccccc1F. The molecular weight excluding hydrogens is 251 g/mol. The number of nitrogens with two attached hydrogens (primary N) is 1. The third-order valence-electron chi connectivity index (χ3n) is 2.47. The largest absolute Gasteiger partial charge is 0.464 e. The fourth-order valence-electron chi connectivity index (χ4n) is 1.47. The number of halogens is 1. The molecule has 104 valence electrons. The van der Waals surface area contributed by atoms with Gasteiger partial charge in [0.25, 0.3) is 0 Å². The van der Waals surface area contributed by atoms with Crippen molar-refractivity contribution in [2.75, 3.05) is 13.2 Å². The molecule has 0 saturated heterocycles. The second-order valence-electron chi connectivity index (χ2n) is 3.86. The van der Waals surface area contributed by atoms with Crippen LogP contribution in [0.4, 0.5) is 4.39 Å². The summed E-state index contributed by atoms with van der Waals surface area (Å²) in [4.78, 5) is 22.7. The van der Waals surface area contributed by atoms with Crippen LogP contribution in [0.1, 0.15) is 12.5 Å². The van der Waals surface area contributed by atoms with Crippen LogP contribution < -0.4 is 11.1 Å². The fraction of sp³-hybridized carbons (Fsp3) is 0.385. The molecule has 5 nitrogen and oxygen atoms in total. The van der Waals surface area contributed by atoms with Gasteiger partial charge < -0.3 is 15.8 Å². The van der Waals surface area contributed by atoms with E-state index in [2.05, 4.69) is 10.1 Å². The van der Waals surface area contributed by atoms with Crippen LogP contribution in [0, 0.1) is 5.82 Å². The van der Waals surface area contributed by atoms with E-state index in [1.165, 1.54) is 6.07 Å². The van der Waals surface area contributed by atoms with Crippen LogP contribution in [0.5, 0.6) is 0 Å². The van der Waals surface area contributed by atoms with E-state index in [4.69, 9.17) is 5.73 Å². The van der Waals surface area contributed by atoms with Gasteiger partial charge in [-0.1, -0.05) is 18.2 Å². The average Bonchev–Trinajstić information content (AvgIpc) is 2.40. The molecule has 1 aromatic carbocycles. The molecule has 3 N–H and O–H groups in total. The number of ether oxygens (including phenoxy) is 1. The van der Waals surface area contributed by atoms with E-state index in [0.717, 1.165) is 0 Å². The number of amides is 1. The van der Waals surface area contributed by atoms with Crippen LogP contribution in [-0.4, -0.2) is 31.1 Å². The van der Waals surface area contributed by atoms with E-state index in [-0.39, 0.29) is 19.0 Å². The highest BCUT2D eigenvalue weighted by atomic mass is 19.1. The Morgan fingerprint density at radius 2 is 2.11 bits per heavy atom. The third kappa shape index (κ3) is 4.67. The smallest absolute Gasteiger partial charge is 0.332 e. The lowest BCUT2D eigenvalue weighted by Crippen LogP contribution is -2.47. The first-order valence-electron chi connectivity index (χ1n) is 5.99. The van der Waals surface area contributed by atoms with Gasteiger partial charge in [0.2, 0.25) is 5.91 Å². The van der Waals surface area contributed by atoms with Crippen molar-refractivity contribution in [3.63, 3.8) is 0 Å². The topological polar surface area (TPSA) is 81.4 Å². The van der Waals surface area contributed by atoms with Gasteiger partial charge in [-0.2, -0.15) is 0 Å². The molecule has 1 rings (SSSR count). The Hall–Kier alpha value is -1.95. The zero-order chi connectivity index (χ0) is 14.3. The molecule has 19 heavy (non-hydrogen) atoms. The summed E-state index contributed by atoms with van der Waals surface area (Å²) in [5.74, 6) is -1.73. The van der Waals surface area contributed by atoms with Crippen molar-refractivity contribution in [2.45, 2.75) is 19.4 Å². The number of rotatable bonds is 6. The highest BCUT2D eigenvalue weighted by molar-refractivity contribution is 6.01. The number of benzene rings is 1. The molecule has 0 radical (unpaired) electrons. The summed E-state index contributed by atoms with van der Waals surface area (Å²) >= 11 is 0. The molecule has 0 aliphatic carbocycles. The lowest BCUT2D eigenvalue weighted by atomic mass is 10.1. The van der Waals surface area contributed by atoms with Gasteiger partial charge in [0.1, 0.15) is 5.82 Å². The van der Waals surface area contributed by atoms with E-state index >= 15 is 0 Å². The first-order valence-corrected chi connectivity index (χ1v) is 5.99. The van der Waals surface area contributed by atoms with Crippen molar-refractivity contribution in [1.29, 1.82) is 0 Å². The third-order valence-corrected chi connectivity index (χ3v) is 2.47. The zero-order valence-electron chi connectivity index (χ0n) is 10.7. The minimum atomic E-state index is -1.35. The van der Waals surface area contributed by atoms with Gasteiger partial charge in [-0.05, 0) is 25.0 Å².